The van der Waals surface area contributed by atoms with Gasteiger partial charge in [-0.15, -0.1) is 0 Å². The maximum atomic E-state index is 12.5. The van der Waals surface area contributed by atoms with E-state index in [0.717, 1.165) is 11.3 Å². The van der Waals surface area contributed by atoms with Crippen LogP contribution < -0.4 is 10.1 Å². The minimum atomic E-state index is -2.83. The fourth-order valence-electron chi connectivity index (χ4n) is 2.26. The van der Waals surface area contributed by atoms with E-state index in [9.17, 15) is 8.78 Å². The summed E-state index contributed by atoms with van der Waals surface area (Å²) in [5.41, 5.74) is 2.71. The van der Waals surface area contributed by atoms with Gasteiger partial charge in [0.15, 0.2) is 0 Å². The Kier molecular flexibility index (Phi) is 5.22. The minimum absolute atomic E-state index is 0.145. The lowest BCUT2D eigenvalue weighted by molar-refractivity contribution is -0.0507. The number of hydrogen-bond acceptors (Lipinski definition) is 3. The zero-order valence-electron chi connectivity index (χ0n) is 12.0. The van der Waals surface area contributed by atoms with Gasteiger partial charge < -0.3 is 10.1 Å². The highest BCUT2D eigenvalue weighted by molar-refractivity contribution is 5.37. The number of para-hydroxylation sites is 1. The van der Waals surface area contributed by atoms with Crippen molar-refractivity contribution in [1.29, 1.82) is 0 Å². The molecule has 1 aromatic carbocycles. The van der Waals surface area contributed by atoms with Crippen molar-refractivity contribution in [3.8, 4) is 5.75 Å². The van der Waals surface area contributed by atoms with Gasteiger partial charge in [-0.05, 0) is 31.7 Å². The van der Waals surface area contributed by atoms with E-state index in [4.69, 9.17) is 0 Å². The van der Waals surface area contributed by atoms with E-state index in [1.54, 1.807) is 31.4 Å². The molecule has 2 aromatic rings. The predicted molar refractivity (Wildman–Crippen MR) is 77.6 cm³/mol. The van der Waals surface area contributed by atoms with Gasteiger partial charge in [0, 0.05) is 29.9 Å². The Bertz CT molecular complexity index is 590. The van der Waals surface area contributed by atoms with Crippen LogP contribution in [0.1, 0.15) is 22.9 Å². The first kappa shape index (κ1) is 15.4. The number of benzene rings is 1. The predicted octanol–water partition coefficient (Wildman–Crippen LogP) is 3.49. The number of aryl methyl sites for hydroxylation is 1. The Morgan fingerprint density at radius 3 is 2.62 bits per heavy atom. The number of ether oxygens (including phenoxy) is 1. The summed E-state index contributed by atoms with van der Waals surface area (Å²) in [5, 5.41) is 3.14. The molecule has 0 amide bonds. The highest BCUT2D eigenvalue weighted by atomic mass is 19.3. The zero-order valence-corrected chi connectivity index (χ0v) is 12.0. The number of likely N-dealkylation sites (N-methyl/N-ethyl adjacent to an activating group) is 1. The van der Waals surface area contributed by atoms with Gasteiger partial charge in [0.05, 0.1) is 0 Å². The molecule has 21 heavy (non-hydrogen) atoms. The molecule has 0 fully saturated rings. The second kappa shape index (κ2) is 7.13. The highest BCUT2D eigenvalue weighted by Crippen LogP contribution is 2.28. The lowest BCUT2D eigenvalue weighted by Gasteiger charge is -2.20. The van der Waals surface area contributed by atoms with E-state index < -0.39 is 6.61 Å². The van der Waals surface area contributed by atoms with Gasteiger partial charge in [0.2, 0.25) is 0 Å². The van der Waals surface area contributed by atoms with E-state index >= 15 is 0 Å². The molecule has 2 rings (SSSR count). The summed E-state index contributed by atoms with van der Waals surface area (Å²) in [6, 6.07) is 10.5. The zero-order chi connectivity index (χ0) is 15.2. The molecule has 0 spiro atoms. The van der Waals surface area contributed by atoms with Crippen LogP contribution in [0.5, 0.6) is 5.75 Å². The number of nitrogens with zero attached hydrogens (tertiary/aromatic N) is 1. The van der Waals surface area contributed by atoms with Crippen LogP contribution in [-0.2, 0) is 6.42 Å². The number of pyridine rings is 1. The van der Waals surface area contributed by atoms with Gasteiger partial charge >= 0.3 is 6.61 Å². The first-order chi connectivity index (χ1) is 10.1. The van der Waals surface area contributed by atoms with Gasteiger partial charge in [-0.2, -0.15) is 8.78 Å². The van der Waals surface area contributed by atoms with E-state index in [1.165, 1.54) is 0 Å². The third-order valence-corrected chi connectivity index (χ3v) is 3.37. The van der Waals surface area contributed by atoms with Crippen molar-refractivity contribution in [1.82, 2.24) is 10.3 Å². The van der Waals surface area contributed by atoms with Crippen LogP contribution in [0.3, 0.4) is 0 Å². The Labute approximate surface area is 123 Å². The Balaban J connectivity index is 2.27. The summed E-state index contributed by atoms with van der Waals surface area (Å²) in [4.78, 5) is 4.35. The molecule has 0 radical (unpaired) electrons. The van der Waals surface area contributed by atoms with E-state index in [2.05, 4.69) is 15.0 Å². The van der Waals surface area contributed by atoms with Crippen LogP contribution in [0.15, 0.2) is 42.6 Å². The Hall–Kier alpha value is -2.01. The average Bonchev–Trinajstić information content (AvgIpc) is 2.47. The van der Waals surface area contributed by atoms with Gasteiger partial charge in [-0.1, -0.05) is 24.3 Å². The van der Waals surface area contributed by atoms with Gasteiger partial charge in [-0.3, -0.25) is 4.98 Å². The first-order valence-electron chi connectivity index (χ1n) is 6.73. The molecule has 0 aliphatic carbocycles. The van der Waals surface area contributed by atoms with Crippen LogP contribution in [0, 0.1) is 6.92 Å². The van der Waals surface area contributed by atoms with Gasteiger partial charge in [0.25, 0.3) is 0 Å². The van der Waals surface area contributed by atoms with Gasteiger partial charge in [-0.25, -0.2) is 0 Å². The molecule has 1 N–H and O–H groups in total. The van der Waals surface area contributed by atoms with Crippen molar-refractivity contribution in [2.45, 2.75) is 26.0 Å². The largest absolute Gasteiger partial charge is 0.434 e. The highest BCUT2D eigenvalue weighted by Gasteiger charge is 2.18. The summed E-state index contributed by atoms with van der Waals surface area (Å²) in [6.45, 7) is -0.850. The third kappa shape index (κ3) is 3.98. The number of aromatic nitrogens is 1. The van der Waals surface area contributed by atoms with Crippen LogP contribution >= 0.6 is 0 Å². The molecular formula is C16H18F2N2O. The standard InChI is InChI=1S/C16H18F2N2O/c1-11-6-5-9-20-13(11)10-14(19-2)12-7-3-4-8-15(12)21-16(17)18/h3-9,14,16,19H,10H2,1-2H3. The SMILES string of the molecule is CNC(Cc1ncccc1C)c1ccccc1OC(F)F. The fraction of sp³-hybridized carbons (Fsp3) is 0.312. The Morgan fingerprint density at radius 2 is 1.95 bits per heavy atom. The van der Waals surface area contributed by atoms with Crippen molar-refractivity contribution in [3.05, 3.63) is 59.4 Å². The molecule has 5 heteroatoms. The van der Waals surface area contributed by atoms with Crippen molar-refractivity contribution in [3.63, 3.8) is 0 Å². The van der Waals surface area contributed by atoms with E-state index in [1.807, 2.05) is 25.1 Å². The molecule has 3 nitrogen and oxygen atoms in total. The number of nitrogens with one attached hydrogen (secondary N) is 1. The number of rotatable bonds is 6. The van der Waals surface area contributed by atoms with E-state index in [-0.39, 0.29) is 11.8 Å². The second-order valence-electron chi connectivity index (χ2n) is 4.73. The average molecular weight is 292 g/mol. The summed E-state index contributed by atoms with van der Waals surface area (Å²) in [5.74, 6) is 0.195. The van der Waals surface area contributed by atoms with Crippen LogP contribution in [0.25, 0.3) is 0 Å². The summed E-state index contributed by atoms with van der Waals surface area (Å²) < 4.78 is 29.6. The molecule has 0 saturated carbocycles. The molecule has 112 valence electrons. The molecule has 1 unspecified atom stereocenters. The van der Waals surface area contributed by atoms with Gasteiger partial charge in [0.1, 0.15) is 5.75 Å². The molecule has 0 aliphatic heterocycles. The lowest BCUT2D eigenvalue weighted by atomic mass is 9.99. The van der Waals surface area contributed by atoms with Crippen molar-refractivity contribution >= 4 is 0 Å². The molecule has 1 heterocycles. The molecule has 0 saturated heterocycles. The normalized spacial score (nSPS) is 12.4. The smallest absolute Gasteiger partial charge is 0.387 e. The molecule has 0 aliphatic rings. The van der Waals surface area contributed by atoms with Crippen molar-refractivity contribution < 1.29 is 13.5 Å². The quantitative estimate of drug-likeness (QED) is 0.885. The van der Waals surface area contributed by atoms with Crippen molar-refractivity contribution in [2.24, 2.45) is 0 Å². The first-order valence-corrected chi connectivity index (χ1v) is 6.73. The topological polar surface area (TPSA) is 34.2 Å². The lowest BCUT2D eigenvalue weighted by Crippen LogP contribution is -2.21. The second-order valence-corrected chi connectivity index (χ2v) is 4.73. The minimum Gasteiger partial charge on any atom is -0.434 e. The summed E-state index contributed by atoms with van der Waals surface area (Å²) in [7, 11) is 1.79. The maximum absolute atomic E-state index is 12.5. The third-order valence-electron chi connectivity index (χ3n) is 3.37. The fourth-order valence-corrected chi connectivity index (χ4v) is 2.26. The summed E-state index contributed by atoms with van der Waals surface area (Å²) in [6.07, 6.45) is 2.34. The molecule has 0 bridgehead atoms. The Morgan fingerprint density at radius 1 is 1.19 bits per heavy atom. The van der Waals surface area contributed by atoms with Crippen LogP contribution in [0.2, 0.25) is 0 Å². The maximum Gasteiger partial charge on any atom is 0.387 e. The van der Waals surface area contributed by atoms with Crippen LogP contribution in [-0.4, -0.2) is 18.6 Å². The van der Waals surface area contributed by atoms with Crippen molar-refractivity contribution in [2.75, 3.05) is 7.05 Å². The molecular weight excluding hydrogens is 274 g/mol. The monoisotopic (exact) mass is 292 g/mol. The van der Waals surface area contributed by atoms with Crippen LogP contribution in [0.4, 0.5) is 8.78 Å². The van der Waals surface area contributed by atoms with E-state index in [0.29, 0.717) is 12.0 Å². The molecule has 1 atom stereocenters. The number of hydrogen-bond donors (Lipinski definition) is 1. The number of alkyl halides is 2. The summed E-state index contributed by atoms with van der Waals surface area (Å²) >= 11 is 0. The molecule has 1 aromatic heterocycles. The number of halogens is 2.